The van der Waals surface area contributed by atoms with Crippen LogP contribution in [0.2, 0.25) is 0 Å². The molecule has 0 radical (unpaired) electrons. The molecule has 29 heavy (non-hydrogen) atoms. The Bertz CT molecular complexity index is 999. The number of nitrogens with one attached hydrogen (secondary N) is 1. The predicted octanol–water partition coefficient (Wildman–Crippen LogP) is 3.86. The molecule has 0 unspecified atom stereocenters. The first-order valence-corrected chi connectivity index (χ1v) is 11.1. The molecule has 150 valence electrons. The van der Waals surface area contributed by atoms with Crippen molar-refractivity contribution in [3.05, 3.63) is 41.5 Å². The van der Waals surface area contributed by atoms with E-state index in [0.717, 1.165) is 53.2 Å². The van der Waals surface area contributed by atoms with Crippen LogP contribution in [0.1, 0.15) is 24.3 Å². The second kappa shape index (κ2) is 7.72. The molecule has 6 nitrogen and oxygen atoms in total. The van der Waals surface area contributed by atoms with E-state index in [2.05, 4.69) is 25.4 Å². The number of phenolic OH excluding ortho intramolecular Hbond substituents is 1. The van der Waals surface area contributed by atoms with Gasteiger partial charge in [0.2, 0.25) is 0 Å². The Hall–Kier alpha value is -2.51. The summed E-state index contributed by atoms with van der Waals surface area (Å²) in [5.41, 5.74) is 2.34. The van der Waals surface area contributed by atoms with E-state index in [-0.39, 0.29) is 5.75 Å². The number of aryl methyl sites for hydroxylation is 1. The molecule has 1 aliphatic carbocycles. The number of hydrogen-bond donors (Lipinski definition) is 2. The lowest BCUT2D eigenvalue weighted by molar-refractivity contribution is 0.477. The van der Waals surface area contributed by atoms with E-state index in [9.17, 15) is 5.11 Å². The van der Waals surface area contributed by atoms with Crippen LogP contribution < -0.4 is 10.2 Å². The maximum absolute atomic E-state index is 10.5. The van der Waals surface area contributed by atoms with Crippen molar-refractivity contribution in [1.82, 2.24) is 20.5 Å². The third kappa shape index (κ3) is 4.11. The largest absolute Gasteiger partial charge is 0.507 e. The Morgan fingerprint density at radius 2 is 2.07 bits per heavy atom. The topological polar surface area (TPSA) is 74.2 Å². The van der Waals surface area contributed by atoms with Gasteiger partial charge >= 0.3 is 0 Å². The lowest BCUT2D eigenvalue weighted by Crippen LogP contribution is -2.34. The van der Waals surface area contributed by atoms with Gasteiger partial charge in [-0.25, -0.2) is 4.98 Å². The quantitative estimate of drug-likeness (QED) is 0.646. The molecule has 3 aromatic rings. The molecule has 1 aromatic carbocycles. The van der Waals surface area contributed by atoms with Crippen molar-refractivity contribution in [2.45, 2.75) is 32.2 Å². The van der Waals surface area contributed by atoms with Crippen molar-refractivity contribution in [2.75, 3.05) is 24.5 Å². The van der Waals surface area contributed by atoms with Crippen molar-refractivity contribution < 1.29 is 5.11 Å². The van der Waals surface area contributed by atoms with Gasteiger partial charge in [0.25, 0.3) is 0 Å². The van der Waals surface area contributed by atoms with Gasteiger partial charge in [-0.1, -0.05) is 6.07 Å². The summed E-state index contributed by atoms with van der Waals surface area (Å²) in [6.45, 7) is 5.12. The van der Waals surface area contributed by atoms with E-state index in [0.29, 0.717) is 17.3 Å². The average Bonchev–Trinajstić information content (AvgIpc) is 3.26. The predicted molar refractivity (Wildman–Crippen MR) is 116 cm³/mol. The number of aromatic hydroxyl groups is 1. The summed E-state index contributed by atoms with van der Waals surface area (Å²) < 4.78 is 0. The van der Waals surface area contributed by atoms with Crippen LogP contribution in [0.5, 0.6) is 5.75 Å². The number of nitrogens with zero attached hydrogens (tertiary/aromatic N) is 4. The summed E-state index contributed by atoms with van der Waals surface area (Å²) >= 11 is 1.61. The van der Waals surface area contributed by atoms with Crippen molar-refractivity contribution >= 4 is 17.2 Å². The summed E-state index contributed by atoms with van der Waals surface area (Å²) in [4.78, 5) is 7.62. The fraction of sp³-hybridized carbons (Fsp3) is 0.409. The van der Waals surface area contributed by atoms with Crippen LogP contribution in [-0.2, 0) is 0 Å². The first-order valence-electron chi connectivity index (χ1n) is 10.2. The number of phenols is 1. The maximum atomic E-state index is 10.5. The van der Waals surface area contributed by atoms with Gasteiger partial charge in [-0.3, -0.25) is 0 Å². The molecule has 0 bridgehead atoms. The molecular formula is C22H25N5OS. The molecule has 1 aliphatic heterocycles. The molecule has 1 saturated carbocycles. The first kappa shape index (κ1) is 18.5. The highest BCUT2D eigenvalue weighted by Gasteiger charge is 2.27. The maximum Gasteiger partial charge on any atom is 0.151 e. The van der Waals surface area contributed by atoms with Gasteiger partial charge < -0.3 is 15.3 Å². The van der Waals surface area contributed by atoms with Crippen molar-refractivity contribution in [2.24, 2.45) is 5.92 Å². The Morgan fingerprint density at radius 3 is 2.76 bits per heavy atom. The van der Waals surface area contributed by atoms with Crippen LogP contribution >= 0.6 is 11.3 Å². The van der Waals surface area contributed by atoms with Crippen molar-refractivity contribution in [3.63, 3.8) is 0 Å². The molecular weight excluding hydrogens is 382 g/mol. The van der Waals surface area contributed by atoms with E-state index < -0.39 is 0 Å². The van der Waals surface area contributed by atoms with E-state index in [1.165, 1.54) is 12.8 Å². The zero-order valence-electron chi connectivity index (χ0n) is 16.5. The molecule has 2 aromatic heterocycles. The number of benzene rings is 1. The third-order valence-electron chi connectivity index (χ3n) is 5.73. The number of hydrogen-bond acceptors (Lipinski definition) is 7. The fourth-order valence-electron chi connectivity index (χ4n) is 3.82. The summed E-state index contributed by atoms with van der Waals surface area (Å²) in [6.07, 6.45) is 5.75. The van der Waals surface area contributed by atoms with Gasteiger partial charge in [-0.2, -0.15) is 0 Å². The number of thiazole rings is 1. The van der Waals surface area contributed by atoms with Gasteiger partial charge in [-0.05, 0) is 68.5 Å². The molecule has 3 heterocycles. The fourth-order valence-corrected chi connectivity index (χ4v) is 4.60. The normalized spacial score (nSPS) is 19.1. The molecule has 0 spiro atoms. The molecule has 2 N–H and O–H groups in total. The third-order valence-corrected chi connectivity index (χ3v) is 6.70. The first-order chi connectivity index (χ1) is 14.2. The summed E-state index contributed by atoms with van der Waals surface area (Å²) in [5, 5.41) is 24.0. The standard InChI is InChI=1S/C22H25N5OS/c1-14-23-12-21(29-14)16-4-5-18(20(28)10-16)19-6-7-22(26-25-19)27-9-8-17(13-27)24-11-15-2-3-15/h4-7,10,12,15,17,24,28H,2-3,8-9,11,13H2,1H3/t17-/m1/s1. The highest BCUT2D eigenvalue weighted by molar-refractivity contribution is 7.15. The SMILES string of the molecule is Cc1ncc(-c2ccc(-c3ccc(N4CC[C@@H](NCC5CC5)C4)nn3)c(O)c2)s1. The summed E-state index contributed by atoms with van der Waals surface area (Å²) in [6, 6.07) is 10.2. The molecule has 2 fully saturated rings. The minimum atomic E-state index is 0.209. The Labute approximate surface area is 174 Å². The Balaban J connectivity index is 1.27. The molecule has 1 atom stereocenters. The Morgan fingerprint density at radius 1 is 1.17 bits per heavy atom. The minimum absolute atomic E-state index is 0.209. The van der Waals surface area contributed by atoms with Gasteiger partial charge in [-0.15, -0.1) is 21.5 Å². The molecule has 7 heteroatoms. The number of anilines is 1. The van der Waals surface area contributed by atoms with E-state index in [4.69, 9.17) is 0 Å². The van der Waals surface area contributed by atoms with Gasteiger partial charge in [0.05, 0.1) is 15.6 Å². The molecule has 1 saturated heterocycles. The van der Waals surface area contributed by atoms with Crippen LogP contribution in [0.3, 0.4) is 0 Å². The van der Waals surface area contributed by atoms with Crippen LogP contribution in [-0.4, -0.2) is 46.0 Å². The minimum Gasteiger partial charge on any atom is -0.507 e. The van der Waals surface area contributed by atoms with Gasteiger partial charge in [0.15, 0.2) is 5.82 Å². The monoisotopic (exact) mass is 407 g/mol. The molecule has 5 rings (SSSR count). The van der Waals surface area contributed by atoms with Gasteiger partial charge in [0, 0.05) is 30.9 Å². The second-order valence-corrected chi connectivity index (χ2v) is 9.27. The van der Waals surface area contributed by atoms with E-state index in [1.54, 1.807) is 17.4 Å². The zero-order valence-corrected chi connectivity index (χ0v) is 17.3. The van der Waals surface area contributed by atoms with Crippen LogP contribution in [0.4, 0.5) is 5.82 Å². The lowest BCUT2D eigenvalue weighted by Gasteiger charge is -2.17. The molecule has 0 amide bonds. The van der Waals surface area contributed by atoms with Gasteiger partial charge in [0.1, 0.15) is 5.75 Å². The van der Waals surface area contributed by atoms with Crippen molar-refractivity contribution in [3.8, 4) is 27.4 Å². The summed E-state index contributed by atoms with van der Waals surface area (Å²) in [5.74, 6) is 2.02. The average molecular weight is 408 g/mol. The summed E-state index contributed by atoms with van der Waals surface area (Å²) in [7, 11) is 0. The highest BCUT2D eigenvalue weighted by Crippen LogP contribution is 2.34. The highest BCUT2D eigenvalue weighted by atomic mass is 32.1. The Kier molecular flexibility index (Phi) is 4.93. The van der Waals surface area contributed by atoms with Crippen molar-refractivity contribution in [1.29, 1.82) is 0 Å². The van der Waals surface area contributed by atoms with Crippen LogP contribution in [0.25, 0.3) is 21.7 Å². The van der Waals surface area contributed by atoms with E-state index in [1.807, 2.05) is 37.4 Å². The zero-order chi connectivity index (χ0) is 19.8. The lowest BCUT2D eigenvalue weighted by atomic mass is 10.1. The smallest absolute Gasteiger partial charge is 0.151 e. The second-order valence-electron chi connectivity index (χ2n) is 8.04. The number of rotatable bonds is 6. The number of aromatic nitrogens is 3. The van der Waals surface area contributed by atoms with E-state index >= 15 is 0 Å². The van der Waals surface area contributed by atoms with Crippen LogP contribution in [0.15, 0.2) is 36.5 Å². The molecule has 2 aliphatic rings. The van der Waals surface area contributed by atoms with Crippen LogP contribution in [0, 0.1) is 12.8 Å².